The van der Waals surface area contributed by atoms with E-state index in [1.165, 1.54) is 19.3 Å². The maximum absolute atomic E-state index is 5.60. The number of nitrogens with one attached hydrogen (secondary N) is 1. The lowest BCUT2D eigenvalue weighted by molar-refractivity contribution is 0.156. The van der Waals surface area contributed by atoms with Crippen molar-refractivity contribution < 1.29 is 4.74 Å². The number of halogens is 1. The molecule has 0 aliphatic carbocycles. The number of hydrogen-bond acceptors (Lipinski definition) is 3. The van der Waals surface area contributed by atoms with Gasteiger partial charge in [-0.2, -0.15) is 0 Å². The highest BCUT2D eigenvalue weighted by molar-refractivity contribution is 14.0. The van der Waals surface area contributed by atoms with E-state index in [2.05, 4.69) is 34.0 Å². The second kappa shape index (κ2) is 9.93. The molecule has 2 rings (SSSR count). The maximum atomic E-state index is 5.60. The van der Waals surface area contributed by atoms with E-state index in [1.807, 2.05) is 7.05 Å². The van der Waals surface area contributed by atoms with Crippen LogP contribution >= 0.6 is 24.0 Å². The molecule has 2 fully saturated rings. The van der Waals surface area contributed by atoms with Gasteiger partial charge in [-0.3, -0.25) is 4.99 Å². The molecule has 1 spiro atoms. The molecule has 0 aromatic heterocycles. The van der Waals surface area contributed by atoms with Crippen molar-refractivity contribution in [3.63, 3.8) is 0 Å². The van der Waals surface area contributed by atoms with Gasteiger partial charge in [-0.15, -0.1) is 24.0 Å². The fourth-order valence-corrected chi connectivity index (χ4v) is 3.46. The van der Waals surface area contributed by atoms with Gasteiger partial charge in [0.1, 0.15) is 0 Å². The lowest BCUT2D eigenvalue weighted by Gasteiger charge is -2.25. The standard InChI is InChI=1S/C16H32N4O.HI/c1-4-19(5-2)10-6-9-18-15(17-3)20-11-7-16(13-20)8-12-21-14-16;/h4-14H2,1-3H3,(H,17,18);1H. The Hall–Kier alpha value is -0.0800. The molecule has 130 valence electrons. The van der Waals surface area contributed by atoms with Crippen LogP contribution in [0, 0.1) is 5.41 Å². The van der Waals surface area contributed by atoms with Crippen LogP contribution in [0.4, 0.5) is 0 Å². The largest absolute Gasteiger partial charge is 0.381 e. The quantitative estimate of drug-likeness (QED) is 0.307. The molecule has 1 atom stereocenters. The van der Waals surface area contributed by atoms with Gasteiger partial charge in [-0.05, 0) is 38.9 Å². The summed E-state index contributed by atoms with van der Waals surface area (Å²) in [6, 6.07) is 0. The smallest absolute Gasteiger partial charge is 0.193 e. The van der Waals surface area contributed by atoms with Gasteiger partial charge in [0, 0.05) is 38.7 Å². The van der Waals surface area contributed by atoms with Crippen molar-refractivity contribution in [2.45, 2.75) is 33.1 Å². The van der Waals surface area contributed by atoms with Crippen molar-refractivity contribution in [2.75, 3.05) is 59.5 Å². The van der Waals surface area contributed by atoms with Crippen LogP contribution in [0.1, 0.15) is 33.1 Å². The molecule has 5 nitrogen and oxygen atoms in total. The Morgan fingerprint density at radius 1 is 1.32 bits per heavy atom. The normalized spacial score (nSPS) is 25.1. The molecule has 0 saturated carbocycles. The van der Waals surface area contributed by atoms with Gasteiger partial charge >= 0.3 is 0 Å². The summed E-state index contributed by atoms with van der Waals surface area (Å²) in [6.45, 7) is 13.0. The first-order chi connectivity index (χ1) is 10.2. The topological polar surface area (TPSA) is 40.1 Å². The third-order valence-corrected chi connectivity index (χ3v) is 4.96. The summed E-state index contributed by atoms with van der Waals surface area (Å²) < 4.78 is 5.60. The number of rotatable bonds is 6. The van der Waals surface area contributed by atoms with Gasteiger partial charge in [-0.1, -0.05) is 13.8 Å². The molecule has 0 radical (unpaired) electrons. The minimum atomic E-state index is 0. The van der Waals surface area contributed by atoms with Gasteiger partial charge in [0.2, 0.25) is 0 Å². The van der Waals surface area contributed by atoms with Gasteiger partial charge in [0.25, 0.3) is 0 Å². The first kappa shape index (κ1) is 20.0. The predicted octanol–water partition coefficient (Wildman–Crippen LogP) is 2.02. The fourth-order valence-electron chi connectivity index (χ4n) is 3.46. The van der Waals surface area contributed by atoms with Gasteiger partial charge in [0.15, 0.2) is 5.96 Å². The Labute approximate surface area is 152 Å². The molecule has 0 bridgehead atoms. The van der Waals surface area contributed by atoms with E-state index in [0.29, 0.717) is 5.41 Å². The van der Waals surface area contributed by atoms with E-state index in [4.69, 9.17) is 4.74 Å². The van der Waals surface area contributed by atoms with Crippen molar-refractivity contribution in [1.29, 1.82) is 0 Å². The first-order valence-corrected chi connectivity index (χ1v) is 8.48. The van der Waals surface area contributed by atoms with E-state index in [9.17, 15) is 0 Å². The van der Waals surface area contributed by atoms with Crippen LogP contribution in [0.25, 0.3) is 0 Å². The predicted molar refractivity (Wildman–Crippen MR) is 103 cm³/mol. The monoisotopic (exact) mass is 424 g/mol. The fraction of sp³-hybridized carbons (Fsp3) is 0.938. The highest BCUT2D eigenvalue weighted by atomic mass is 127. The summed E-state index contributed by atoms with van der Waals surface area (Å²) in [7, 11) is 1.89. The van der Waals surface area contributed by atoms with E-state index in [1.54, 1.807) is 0 Å². The zero-order chi connectivity index (χ0) is 15.1. The third-order valence-electron chi connectivity index (χ3n) is 4.96. The average Bonchev–Trinajstić information content (AvgIpc) is 3.14. The molecule has 1 N–H and O–H groups in total. The molecular formula is C16H33IN4O. The average molecular weight is 424 g/mol. The number of nitrogens with zero attached hydrogens (tertiary/aromatic N) is 3. The van der Waals surface area contributed by atoms with E-state index < -0.39 is 0 Å². The lowest BCUT2D eigenvalue weighted by Crippen LogP contribution is -2.42. The number of likely N-dealkylation sites (tertiary alicyclic amines) is 1. The summed E-state index contributed by atoms with van der Waals surface area (Å²) in [5.41, 5.74) is 0.402. The minimum absolute atomic E-state index is 0. The maximum Gasteiger partial charge on any atom is 0.193 e. The number of ether oxygens (including phenoxy) is 1. The molecule has 1 unspecified atom stereocenters. The van der Waals surface area contributed by atoms with Crippen LogP contribution in [0.5, 0.6) is 0 Å². The Morgan fingerprint density at radius 2 is 2.09 bits per heavy atom. The van der Waals surface area contributed by atoms with Crippen LogP contribution in [-0.2, 0) is 4.74 Å². The van der Waals surface area contributed by atoms with Crippen molar-refractivity contribution in [3.05, 3.63) is 0 Å². The molecule has 2 aliphatic heterocycles. The van der Waals surface area contributed by atoms with E-state index in [-0.39, 0.29) is 24.0 Å². The van der Waals surface area contributed by atoms with Crippen molar-refractivity contribution in [3.8, 4) is 0 Å². The number of hydrogen-bond donors (Lipinski definition) is 1. The minimum Gasteiger partial charge on any atom is -0.381 e. The summed E-state index contributed by atoms with van der Waals surface area (Å²) in [4.78, 5) is 9.33. The summed E-state index contributed by atoms with van der Waals surface area (Å²) in [6.07, 6.45) is 3.62. The molecule has 22 heavy (non-hydrogen) atoms. The van der Waals surface area contributed by atoms with Gasteiger partial charge in [-0.25, -0.2) is 0 Å². The molecular weight excluding hydrogens is 391 g/mol. The first-order valence-electron chi connectivity index (χ1n) is 8.48. The Bertz CT molecular complexity index is 341. The van der Waals surface area contributed by atoms with Crippen LogP contribution < -0.4 is 5.32 Å². The van der Waals surface area contributed by atoms with Crippen LogP contribution in [0.3, 0.4) is 0 Å². The Balaban J connectivity index is 0.00000242. The molecule has 6 heteroatoms. The van der Waals surface area contributed by atoms with E-state index in [0.717, 1.165) is 58.4 Å². The highest BCUT2D eigenvalue weighted by Crippen LogP contribution is 2.38. The number of guanidine groups is 1. The van der Waals surface area contributed by atoms with Crippen molar-refractivity contribution in [2.24, 2.45) is 10.4 Å². The Kier molecular flexibility index (Phi) is 9.01. The zero-order valence-corrected chi connectivity index (χ0v) is 16.8. The van der Waals surface area contributed by atoms with Gasteiger partial charge < -0.3 is 19.9 Å². The van der Waals surface area contributed by atoms with Crippen molar-refractivity contribution in [1.82, 2.24) is 15.1 Å². The summed E-state index contributed by atoms with van der Waals surface area (Å²) >= 11 is 0. The second-order valence-corrected chi connectivity index (χ2v) is 6.33. The Morgan fingerprint density at radius 3 is 2.68 bits per heavy atom. The molecule has 0 aromatic carbocycles. The summed E-state index contributed by atoms with van der Waals surface area (Å²) in [5.74, 6) is 1.07. The van der Waals surface area contributed by atoms with Crippen LogP contribution in [0.15, 0.2) is 4.99 Å². The molecule has 2 heterocycles. The highest BCUT2D eigenvalue weighted by Gasteiger charge is 2.42. The number of aliphatic imine (C=N–C) groups is 1. The third kappa shape index (κ3) is 5.23. The SMILES string of the molecule is CCN(CC)CCCNC(=NC)N1CCC2(CCOC2)C1.I. The molecule has 2 aliphatic rings. The van der Waals surface area contributed by atoms with Crippen LogP contribution in [0.2, 0.25) is 0 Å². The molecule has 0 amide bonds. The molecule has 0 aromatic rings. The van der Waals surface area contributed by atoms with E-state index >= 15 is 0 Å². The van der Waals surface area contributed by atoms with Crippen LogP contribution in [-0.4, -0.2) is 75.3 Å². The zero-order valence-electron chi connectivity index (χ0n) is 14.4. The second-order valence-electron chi connectivity index (χ2n) is 6.33. The van der Waals surface area contributed by atoms with Gasteiger partial charge in [0.05, 0.1) is 6.61 Å². The van der Waals surface area contributed by atoms with Crippen molar-refractivity contribution >= 4 is 29.9 Å². The molecule has 2 saturated heterocycles. The summed E-state index contributed by atoms with van der Waals surface area (Å²) in [5, 5.41) is 3.53. The lowest BCUT2D eigenvalue weighted by atomic mass is 9.87.